The number of benzene rings is 2. The minimum Gasteiger partial charge on any atom is -0.386 e. The number of carbonyl (C=O) groups excluding carboxylic acids is 1. The van der Waals surface area contributed by atoms with E-state index in [4.69, 9.17) is 11.7 Å². The predicted octanol–water partition coefficient (Wildman–Crippen LogP) is 4.25. The molecule has 1 atom stereocenters. The molecule has 33 heavy (non-hydrogen) atoms. The van der Waals surface area contributed by atoms with Crippen LogP contribution in [0.5, 0.6) is 0 Å². The standard InChI is InChI=1S/C24H25N5O3S/c1-24(2,31)14-10-15(27-3)12-16(11-14)33(26,32)29-23(30)28-22-19-8-4-6-17(19)21(13-25)18-7-5-9-20(18)22/h10-12,31H,4-9H2,1-2H3,(H3,26,28,29,30,32). The van der Waals surface area contributed by atoms with Crippen LogP contribution in [-0.4, -0.2) is 15.3 Å². The van der Waals surface area contributed by atoms with Gasteiger partial charge in [-0.1, -0.05) is 6.07 Å². The van der Waals surface area contributed by atoms with Crippen molar-refractivity contribution in [3.63, 3.8) is 0 Å². The summed E-state index contributed by atoms with van der Waals surface area (Å²) in [6, 6.07) is 5.72. The van der Waals surface area contributed by atoms with E-state index in [2.05, 4.69) is 20.6 Å². The summed E-state index contributed by atoms with van der Waals surface area (Å²) in [6.07, 6.45) is 4.91. The van der Waals surface area contributed by atoms with E-state index in [1.165, 1.54) is 32.0 Å². The zero-order valence-electron chi connectivity index (χ0n) is 18.6. The molecule has 4 N–H and O–H groups in total. The van der Waals surface area contributed by atoms with Gasteiger partial charge in [0.15, 0.2) is 5.69 Å². The lowest BCUT2D eigenvalue weighted by Gasteiger charge is -2.19. The Balaban J connectivity index is 1.75. The lowest BCUT2D eigenvalue weighted by atomic mass is 9.93. The molecule has 2 aromatic carbocycles. The zero-order chi connectivity index (χ0) is 24.0. The summed E-state index contributed by atoms with van der Waals surface area (Å²) in [4.78, 5) is 16.2. The lowest BCUT2D eigenvalue weighted by molar-refractivity contribution is 0.0784. The quantitative estimate of drug-likeness (QED) is 0.587. The third-order valence-electron chi connectivity index (χ3n) is 6.27. The van der Waals surface area contributed by atoms with Gasteiger partial charge in [0, 0.05) is 5.69 Å². The fraction of sp³-hybridized carbons (Fsp3) is 0.375. The SMILES string of the molecule is [C-]#[N+]c1cc(C(C)(C)O)cc(S(N)(=O)=NC(=O)Nc2c3c(c(C#N)c4c2CCC4)CCC3)c1. The molecule has 0 spiro atoms. The van der Waals surface area contributed by atoms with Crippen molar-refractivity contribution in [2.75, 3.05) is 5.32 Å². The smallest absolute Gasteiger partial charge is 0.354 e. The molecule has 2 amide bonds. The van der Waals surface area contributed by atoms with Gasteiger partial charge < -0.3 is 10.4 Å². The van der Waals surface area contributed by atoms with E-state index in [0.717, 1.165) is 66.3 Å². The summed E-state index contributed by atoms with van der Waals surface area (Å²) in [5, 5.41) is 28.8. The van der Waals surface area contributed by atoms with Crippen LogP contribution in [-0.2, 0) is 41.2 Å². The monoisotopic (exact) mass is 463 g/mol. The summed E-state index contributed by atoms with van der Waals surface area (Å²) in [6.45, 7) is 10.4. The highest BCUT2D eigenvalue weighted by Crippen LogP contribution is 2.41. The number of rotatable bonds is 3. The highest BCUT2D eigenvalue weighted by molar-refractivity contribution is 7.91. The van der Waals surface area contributed by atoms with Crippen molar-refractivity contribution in [1.29, 1.82) is 5.26 Å². The molecule has 2 aromatic rings. The molecule has 170 valence electrons. The van der Waals surface area contributed by atoms with E-state index in [9.17, 15) is 19.4 Å². The maximum absolute atomic E-state index is 13.2. The van der Waals surface area contributed by atoms with Crippen LogP contribution in [0.4, 0.5) is 16.2 Å². The number of carbonyl (C=O) groups is 1. The number of aliphatic hydroxyl groups is 1. The summed E-state index contributed by atoms with van der Waals surface area (Å²) >= 11 is 0. The Morgan fingerprint density at radius 2 is 1.76 bits per heavy atom. The van der Waals surface area contributed by atoms with Gasteiger partial charge in [0.2, 0.25) is 0 Å². The molecule has 0 saturated carbocycles. The molecule has 0 heterocycles. The Bertz CT molecular complexity index is 1350. The van der Waals surface area contributed by atoms with E-state index in [-0.39, 0.29) is 10.6 Å². The van der Waals surface area contributed by atoms with E-state index in [0.29, 0.717) is 11.3 Å². The second-order valence-electron chi connectivity index (χ2n) is 8.96. The van der Waals surface area contributed by atoms with Crippen LogP contribution in [0.1, 0.15) is 60.1 Å². The second-order valence-corrected chi connectivity index (χ2v) is 10.8. The molecule has 9 heteroatoms. The molecule has 0 aromatic heterocycles. The Hall–Kier alpha value is -3.24. The predicted molar refractivity (Wildman–Crippen MR) is 125 cm³/mol. The van der Waals surface area contributed by atoms with E-state index in [1.807, 2.05) is 0 Å². The van der Waals surface area contributed by atoms with Crippen molar-refractivity contribution in [3.05, 3.63) is 63.0 Å². The molecule has 0 fully saturated rings. The fourth-order valence-corrected chi connectivity index (χ4v) is 5.70. The fourth-order valence-electron chi connectivity index (χ4n) is 4.72. The Kier molecular flexibility index (Phi) is 5.75. The Morgan fingerprint density at radius 3 is 2.27 bits per heavy atom. The van der Waals surface area contributed by atoms with Crippen LogP contribution in [0.25, 0.3) is 4.85 Å². The van der Waals surface area contributed by atoms with E-state index < -0.39 is 21.5 Å². The minimum atomic E-state index is -3.68. The van der Waals surface area contributed by atoms with Gasteiger partial charge in [-0.25, -0.2) is 19.0 Å². The molecule has 4 rings (SSSR count). The van der Waals surface area contributed by atoms with Crippen molar-refractivity contribution in [1.82, 2.24) is 0 Å². The number of hydrogen-bond acceptors (Lipinski definition) is 4. The molecule has 0 bridgehead atoms. The summed E-state index contributed by atoms with van der Waals surface area (Å²) in [5.41, 5.74) is 4.49. The van der Waals surface area contributed by atoms with Crippen LogP contribution in [0.3, 0.4) is 0 Å². The van der Waals surface area contributed by atoms with Crippen molar-refractivity contribution >= 4 is 27.3 Å². The first-order chi connectivity index (χ1) is 15.5. The van der Waals surface area contributed by atoms with Gasteiger partial charge in [0.05, 0.1) is 28.7 Å². The molecular formula is C24H25N5O3S. The second kappa shape index (κ2) is 8.27. The normalized spacial score (nSPS) is 16.2. The Morgan fingerprint density at radius 1 is 1.18 bits per heavy atom. The first-order valence-corrected chi connectivity index (χ1v) is 12.3. The van der Waals surface area contributed by atoms with Gasteiger partial charge in [-0.15, -0.1) is 4.36 Å². The number of fused-ring (bicyclic) bond motifs is 2. The molecule has 2 aliphatic rings. The number of amides is 2. The first kappa shape index (κ1) is 22.9. The van der Waals surface area contributed by atoms with Crippen molar-refractivity contribution in [3.8, 4) is 6.07 Å². The van der Waals surface area contributed by atoms with E-state index in [1.54, 1.807) is 0 Å². The lowest BCUT2D eigenvalue weighted by Crippen LogP contribution is -2.21. The molecule has 0 radical (unpaired) electrons. The molecule has 0 saturated heterocycles. The number of anilines is 1. The molecule has 1 unspecified atom stereocenters. The summed E-state index contributed by atoms with van der Waals surface area (Å²) in [5.74, 6) is 0. The maximum atomic E-state index is 13.2. The third kappa shape index (κ3) is 4.23. The van der Waals surface area contributed by atoms with Gasteiger partial charge in [-0.2, -0.15) is 5.26 Å². The number of nitrogens with one attached hydrogen (secondary N) is 1. The molecule has 8 nitrogen and oxygen atoms in total. The van der Waals surface area contributed by atoms with Crippen molar-refractivity contribution < 1.29 is 14.1 Å². The molecule has 0 aliphatic heterocycles. The topological polar surface area (TPSA) is 133 Å². The number of nitrogens with zero attached hydrogens (tertiary/aromatic N) is 3. The van der Waals surface area contributed by atoms with Gasteiger partial charge in [-0.05, 0) is 92.3 Å². The minimum absolute atomic E-state index is 0.00133. The number of nitriles is 1. The van der Waals surface area contributed by atoms with Crippen molar-refractivity contribution in [2.45, 2.75) is 62.9 Å². The first-order valence-electron chi connectivity index (χ1n) is 10.8. The summed E-state index contributed by atoms with van der Waals surface area (Å²) in [7, 11) is -3.68. The summed E-state index contributed by atoms with van der Waals surface area (Å²) < 4.78 is 17.0. The molecular weight excluding hydrogens is 438 g/mol. The average molecular weight is 464 g/mol. The van der Waals surface area contributed by atoms with Crippen LogP contribution in [0, 0.1) is 17.9 Å². The number of urea groups is 1. The number of nitrogens with two attached hydrogens (primary N) is 1. The van der Waals surface area contributed by atoms with Gasteiger partial charge in [0.1, 0.15) is 9.92 Å². The van der Waals surface area contributed by atoms with Gasteiger partial charge >= 0.3 is 6.03 Å². The molecule has 2 aliphatic carbocycles. The highest BCUT2D eigenvalue weighted by atomic mass is 32.2. The third-order valence-corrected chi connectivity index (χ3v) is 7.62. The van der Waals surface area contributed by atoms with E-state index >= 15 is 0 Å². The van der Waals surface area contributed by atoms with Crippen LogP contribution >= 0.6 is 0 Å². The van der Waals surface area contributed by atoms with Crippen LogP contribution in [0.2, 0.25) is 0 Å². The van der Waals surface area contributed by atoms with Crippen LogP contribution < -0.4 is 10.5 Å². The van der Waals surface area contributed by atoms with Gasteiger partial charge in [-0.3, -0.25) is 0 Å². The largest absolute Gasteiger partial charge is 0.386 e. The Labute approximate surface area is 193 Å². The highest BCUT2D eigenvalue weighted by Gasteiger charge is 2.29. The zero-order valence-corrected chi connectivity index (χ0v) is 19.4. The maximum Gasteiger partial charge on any atom is 0.354 e. The van der Waals surface area contributed by atoms with Gasteiger partial charge in [0.25, 0.3) is 0 Å². The average Bonchev–Trinajstić information content (AvgIpc) is 3.42. The van der Waals surface area contributed by atoms with Crippen molar-refractivity contribution in [2.24, 2.45) is 9.50 Å². The number of hydrogen-bond donors (Lipinski definition) is 3. The van der Waals surface area contributed by atoms with Crippen LogP contribution in [0.15, 0.2) is 27.5 Å².